The molecule has 7 nitrogen and oxygen atoms in total. The van der Waals surface area contributed by atoms with Crippen LogP contribution in [0.4, 0.5) is 5.13 Å². The molecule has 1 aliphatic heterocycles. The van der Waals surface area contributed by atoms with Gasteiger partial charge in [0.1, 0.15) is 5.01 Å². The number of imide groups is 1. The van der Waals surface area contributed by atoms with Gasteiger partial charge in [-0.15, -0.1) is 10.2 Å². The number of hydrogen-bond donors (Lipinski definition) is 1. The van der Waals surface area contributed by atoms with Gasteiger partial charge in [0, 0.05) is 18.5 Å². The number of fused-ring (bicyclic) bond motifs is 1. The zero-order valence-corrected chi connectivity index (χ0v) is 15.6. The standard InChI is InChI=1S/C20H16N4O3S/c25-16(21-20-23-22-17(28-20)13-7-2-1-3-8-13)11-6-12-24-18(26)14-9-4-5-10-15(14)19(24)27/h1-5,7-10H,6,11-12H2,(H,21,23,25). The summed E-state index contributed by atoms with van der Waals surface area (Å²) in [5, 5.41) is 11.9. The lowest BCUT2D eigenvalue weighted by Gasteiger charge is -2.13. The van der Waals surface area contributed by atoms with E-state index in [1.165, 1.54) is 16.2 Å². The Morgan fingerprint density at radius 2 is 1.57 bits per heavy atom. The minimum absolute atomic E-state index is 0.174. The average Bonchev–Trinajstić information content (AvgIpc) is 3.28. The van der Waals surface area contributed by atoms with Crippen LogP contribution in [0.3, 0.4) is 0 Å². The number of amides is 3. The fraction of sp³-hybridized carbons (Fsp3) is 0.150. The van der Waals surface area contributed by atoms with Gasteiger partial charge in [0.25, 0.3) is 11.8 Å². The summed E-state index contributed by atoms with van der Waals surface area (Å²) in [6.07, 6.45) is 0.551. The van der Waals surface area contributed by atoms with Crippen molar-refractivity contribution in [2.75, 3.05) is 11.9 Å². The number of carbonyl (C=O) groups excluding carboxylic acids is 3. The second-order valence-corrected chi connectivity index (χ2v) is 7.22. The summed E-state index contributed by atoms with van der Waals surface area (Å²) in [5.74, 6) is -0.845. The number of nitrogens with one attached hydrogen (secondary N) is 1. The van der Waals surface area contributed by atoms with E-state index in [1.807, 2.05) is 30.3 Å². The molecule has 0 saturated carbocycles. The van der Waals surface area contributed by atoms with E-state index in [4.69, 9.17) is 0 Å². The summed E-state index contributed by atoms with van der Waals surface area (Å²) in [6, 6.07) is 16.3. The molecule has 1 aliphatic rings. The van der Waals surface area contributed by atoms with Crippen molar-refractivity contribution in [3.05, 3.63) is 65.7 Å². The maximum Gasteiger partial charge on any atom is 0.261 e. The third-order valence-electron chi connectivity index (χ3n) is 4.36. The first kappa shape index (κ1) is 18.0. The fourth-order valence-corrected chi connectivity index (χ4v) is 3.76. The summed E-state index contributed by atoms with van der Waals surface area (Å²) < 4.78 is 0. The molecule has 0 atom stereocenters. The first-order chi connectivity index (χ1) is 13.6. The van der Waals surface area contributed by atoms with Gasteiger partial charge < -0.3 is 5.32 Å². The Labute approximate surface area is 165 Å². The van der Waals surface area contributed by atoms with E-state index in [9.17, 15) is 14.4 Å². The van der Waals surface area contributed by atoms with Crippen molar-refractivity contribution in [2.45, 2.75) is 12.8 Å². The van der Waals surface area contributed by atoms with Crippen LogP contribution in [0.5, 0.6) is 0 Å². The molecule has 140 valence electrons. The second kappa shape index (κ2) is 7.69. The molecule has 0 radical (unpaired) electrons. The number of hydrogen-bond acceptors (Lipinski definition) is 6. The molecule has 3 aromatic rings. The number of nitrogens with zero attached hydrogens (tertiary/aromatic N) is 3. The quantitative estimate of drug-likeness (QED) is 0.650. The zero-order chi connectivity index (χ0) is 19.5. The molecule has 8 heteroatoms. The van der Waals surface area contributed by atoms with Crippen molar-refractivity contribution in [3.63, 3.8) is 0 Å². The highest BCUT2D eigenvalue weighted by molar-refractivity contribution is 7.18. The maximum absolute atomic E-state index is 12.3. The Bertz CT molecular complexity index is 1010. The number of carbonyl (C=O) groups is 3. The molecular formula is C20H16N4O3S. The SMILES string of the molecule is O=C(CCCN1C(=O)c2ccccc2C1=O)Nc1nnc(-c2ccccc2)s1. The van der Waals surface area contributed by atoms with E-state index < -0.39 is 0 Å². The normalized spacial score (nSPS) is 12.9. The zero-order valence-electron chi connectivity index (χ0n) is 14.8. The lowest BCUT2D eigenvalue weighted by atomic mass is 10.1. The number of aromatic nitrogens is 2. The van der Waals surface area contributed by atoms with Gasteiger partial charge in [-0.3, -0.25) is 19.3 Å². The van der Waals surface area contributed by atoms with Gasteiger partial charge in [-0.2, -0.15) is 0 Å². The van der Waals surface area contributed by atoms with Gasteiger partial charge >= 0.3 is 0 Å². The largest absolute Gasteiger partial charge is 0.301 e. The molecule has 2 heterocycles. The van der Waals surface area contributed by atoms with Gasteiger partial charge in [-0.25, -0.2) is 0 Å². The van der Waals surface area contributed by atoms with Crippen molar-refractivity contribution in [3.8, 4) is 10.6 Å². The highest BCUT2D eigenvalue weighted by Crippen LogP contribution is 2.26. The summed E-state index contributed by atoms with van der Waals surface area (Å²) in [6.45, 7) is 0.200. The third-order valence-corrected chi connectivity index (χ3v) is 5.24. The molecule has 0 aliphatic carbocycles. The molecule has 3 amide bonds. The number of rotatable bonds is 6. The fourth-order valence-electron chi connectivity index (χ4n) is 2.99. The molecule has 0 bridgehead atoms. The second-order valence-electron chi connectivity index (χ2n) is 6.24. The van der Waals surface area contributed by atoms with E-state index in [0.29, 0.717) is 22.7 Å². The van der Waals surface area contributed by atoms with Crippen molar-refractivity contribution < 1.29 is 14.4 Å². The monoisotopic (exact) mass is 392 g/mol. The van der Waals surface area contributed by atoms with Crippen LogP contribution < -0.4 is 5.32 Å². The van der Waals surface area contributed by atoms with Crippen molar-refractivity contribution in [1.29, 1.82) is 0 Å². The highest BCUT2D eigenvalue weighted by Gasteiger charge is 2.34. The topological polar surface area (TPSA) is 92.3 Å². The van der Waals surface area contributed by atoms with Gasteiger partial charge in [0.05, 0.1) is 11.1 Å². The Morgan fingerprint density at radius 1 is 0.929 bits per heavy atom. The first-order valence-corrected chi connectivity index (χ1v) is 9.59. The van der Waals surface area contributed by atoms with E-state index in [2.05, 4.69) is 15.5 Å². The average molecular weight is 392 g/mol. The Morgan fingerprint density at radius 3 is 2.25 bits per heavy atom. The van der Waals surface area contributed by atoms with E-state index >= 15 is 0 Å². The Hall–Kier alpha value is -3.39. The predicted octanol–water partition coefficient (Wildman–Crippen LogP) is 3.22. The highest BCUT2D eigenvalue weighted by atomic mass is 32.1. The van der Waals surface area contributed by atoms with Crippen LogP contribution >= 0.6 is 11.3 Å². The predicted molar refractivity (Wildman–Crippen MR) is 105 cm³/mol. The molecule has 4 rings (SSSR count). The lowest BCUT2D eigenvalue weighted by molar-refractivity contribution is -0.116. The minimum Gasteiger partial charge on any atom is -0.301 e. The smallest absolute Gasteiger partial charge is 0.261 e. The molecule has 0 unspecified atom stereocenters. The Kier molecular flexibility index (Phi) is 4.94. The van der Waals surface area contributed by atoms with Crippen LogP contribution in [0.2, 0.25) is 0 Å². The van der Waals surface area contributed by atoms with Crippen LogP contribution in [0.1, 0.15) is 33.6 Å². The van der Waals surface area contributed by atoms with Gasteiger partial charge in [-0.1, -0.05) is 53.8 Å². The molecule has 0 spiro atoms. The Balaban J connectivity index is 1.30. The van der Waals surface area contributed by atoms with Gasteiger partial charge in [0.2, 0.25) is 11.0 Å². The van der Waals surface area contributed by atoms with E-state index in [1.54, 1.807) is 24.3 Å². The summed E-state index contributed by atoms with van der Waals surface area (Å²) in [7, 11) is 0. The maximum atomic E-state index is 12.3. The summed E-state index contributed by atoms with van der Waals surface area (Å²) in [4.78, 5) is 37.9. The van der Waals surface area contributed by atoms with E-state index in [0.717, 1.165) is 10.6 Å². The number of anilines is 1. The van der Waals surface area contributed by atoms with Crippen LogP contribution in [0.15, 0.2) is 54.6 Å². The van der Waals surface area contributed by atoms with Crippen LogP contribution in [-0.4, -0.2) is 39.4 Å². The van der Waals surface area contributed by atoms with Crippen LogP contribution in [-0.2, 0) is 4.79 Å². The minimum atomic E-state index is -0.308. The number of benzene rings is 2. The molecule has 0 fully saturated rings. The van der Waals surface area contributed by atoms with Gasteiger partial charge in [-0.05, 0) is 18.6 Å². The van der Waals surface area contributed by atoms with Crippen molar-refractivity contribution in [2.24, 2.45) is 0 Å². The van der Waals surface area contributed by atoms with Crippen molar-refractivity contribution >= 4 is 34.2 Å². The third kappa shape index (κ3) is 3.54. The van der Waals surface area contributed by atoms with Crippen molar-refractivity contribution in [1.82, 2.24) is 15.1 Å². The molecular weight excluding hydrogens is 376 g/mol. The molecule has 0 saturated heterocycles. The van der Waals surface area contributed by atoms with Gasteiger partial charge in [0.15, 0.2) is 0 Å². The van der Waals surface area contributed by atoms with Crippen LogP contribution in [0, 0.1) is 0 Å². The molecule has 2 aromatic carbocycles. The summed E-state index contributed by atoms with van der Waals surface area (Å²) in [5.41, 5.74) is 1.77. The van der Waals surface area contributed by atoms with E-state index in [-0.39, 0.29) is 30.7 Å². The molecule has 28 heavy (non-hydrogen) atoms. The summed E-state index contributed by atoms with van der Waals surface area (Å²) >= 11 is 1.29. The van der Waals surface area contributed by atoms with Crippen LogP contribution in [0.25, 0.3) is 10.6 Å². The first-order valence-electron chi connectivity index (χ1n) is 8.77. The lowest BCUT2D eigenvalue weighted by Crippen LogP contribution is -2.31. The molecule has 1 aromatic heterocycles. The molecule has 1 N–H and O–H groups in total.